The van der Waals surface area contributed by atoms with E-state index in [0.29, 0.717) is 21.4 Å². The summed E-state index contributed by atoms with van der Waals surface area (Å²) in [6.07, 6.45) is -0.188. The minimum Gasteiger partial charge on any atom is -0.459 e. The van der Waals surface area contributed by atoms with E-state index >= 15 is 0 Å². The topological polar surface area (TPSA) is 50.4 Å². The Morgan fingerprint density at radius 3 is 2.76 bits per heavy atom. The minimum atomic E-state index is -0.372. The first-order chi connectivity index (χ1) is 9.88. The summed E-state index contributed by atoms with van der Waals surface area (Å²) < 4.78 is 5.32. The summed E-state index contributed by atoms with van der Waals surface area (Å²) in [6, 6.07) is 6.96. The molecule has 6 heteroatoms. The molecule has 1 aromatic carbocycles. The highest BCUT2D eigenvalue weighted by molar-refractivity contribution is 7.80. The van der Waals surface area contributed by atoms with Gasteiger partial charge in [0.15, 0.2) is 5.11 Å². The number of allylic oxidation sites excluding steroid dienone is 1. The summed E-state index contributed by atoms with van der Waals surface area (Å²) in [5.74, 6) is -0.366. The lowest BCUT2D eigenvalue weighted by atomic mass is 9.96. The average Bonchev–Trinajstić information content (AvgIpc) is 2.36. The normalized spacial score (nSPS) is 18.3. The standard InChI is InChI=1S/C15H17ClN2O2S/c1-8(2)20-14(19)12-9(3)17-15(21)18-13(12)10-5-4-6-11(16)7-10/h4-8,13H,1-3H3,(H2,17,18,21)/t13-/m1/s1. The van der Waals surface area contributed by atoms with Gasteiger partial charge in [-0.25, -0.2) is 4.79 Å². The number of hydrogen-bond donors (Lipinski definition) is 2. The van der Waals surface area contributed by atoms with Crippen LogP contribution in [0, 0.1) is 0 Å². The first-order valence-electron chi connectivity index (χ1n) is 6.63. The van der Waals surface area contributed by atoms with Crippen LogP contribution in [0.4, 0.5) is 0 Å². The third kappa shape index (κ3) is 3.74. The molecule has 0 spiro atoms. The van der Waals surface area contributed by atoms with Gasteiger partial charge >= 0.3 is 5.97 Å². The fourth-order valence-corrected chi connectivity index (χ4v) is 2.65. The van der Waals surface area contributed by atoms with Crippen molar-refractivity contribution in [2.24, 2.45) is 0 Å². The Hall–Kier alpha value is -1.59. The Morgan fingerprint density at radius 2 is 2.14 bits per heavy atom. The summed E-state index contributed by atoms with van der Waals surface area (Å²) in [6.45, 7) is 5.44. The van der Waals surface area contributed by atoms with Crippen LogP contribution in [-0.4, -0.2) is 17.2 Å². The van der Waals surface area contributed by atoms with Gasteiger partial charge in [0, 0.05) is 10.7 Å². The second-order valence-corrected chi connectivity index (χ2v) is 5.92. The Morgan fingerprint density at radius 1 is 1.43 bits per heavy atom. The molecular formula is C15H17ClN2O2S. The molecule has 0 radical (unpaired) electrons. The maximum absolute atomic E-state index is 12.4. The second kappa shape index (κ2) is 6.45. The first-order valence-corrected chi connectivity index (χ1v) is 7.42. The molecular weight excluding hydrogens is 308 g/mol. The number of thiocarbonyl (C=S) groups is 1. The predicted molar refractivity (Wildman–Crippen MR) is 87.0 cm³/mol. The van der Waals surface area contributed by atoms with E-state index in [9.17, 15) is 4.79 Å². The van der Waals surface area contributed by atoms with Gasteiger partial charge in [-0.15, -0.1) is 0 Å². The van der Waals surface area contributed by atoms with Gasteiger partial charge < -0.3 is 15.4 Å². The Kier molecular flexibility index (Phi) is 4.85. The van der Waals surface area contributed by atoms with Gasteiger partial charge in [-0.1, -0.05) is 23.7 Å². The summed E-state index contributed by atoms with van der Waals surface area (Å²) in [5, 5.41) is 7.14. The van der Waals surface area contributed by atoms with E-state index in [4.69, 9.17) is 28.6 Å². The molecule has 4 nitrogen and oxygen atoms in total. The zero-order valence-corrected chi connectivity index (χ0v) is 13.6. The van der Waals surface area contributed by atoms with Crippen molar-refractivity contribution in [1.29, 1.82) is 0 Å². The number of carbonyl (C=O) groups excluding carboxylic acids is 1. The van der Waals surface area contributed by atoms with E-state index in [1.807, 2.05) is 39.0 Å². The number of benzene rings is 1. The minimum absolute atomic E-state index is 0.188. The molecule has 0 saturated carbocycles. The van der Waals surface area contributed by atoms with Crippen LogP contribution in [0.5, 0.6) is 0 Å². The molecule has 1 aromatic rings. The lowest BCUT2D eigenvalue weighted by molar-refractivity contribution is -0.143. The van der Waals surface area contributed by atoms with Gasteiger partial charge in [0.1, 0.15) is 0 Å². The van der Waals surface area contributed by atoms with Crippen molar-refractivity contribution < 1.29 is 9.53 Å². The maximum Gasteiger partial charge on any atom is 0.338 e. The molecule has 1 aliphatic rings. The number of rotatable bonds is 3. The SMILES string of the molecule is CC1=C(C(=O)OC(C)C)[C@@H](c2cccc(Cl)c2)NC(=S)N1. The van der Waals surface area contributed by atoms with E-state index in [2.05, 4.69) is 10.6 Å². The van der Waals surface area contributed by atoms with Crippen LogP contribution < -0.4 is 10.6 Å². The molecule has 1 heterocycles. The monoisotopic (exact) mass is 324 g/mol. The predicted octanol–water partition coefficient (Wildman–Crippen LogP) is 3.08. The van der Waals surface area contributed by atoms with E-state index < -0.39 is 0 Å². The average molecular weight is 325 g/mol. The largest absolute Gasteiger partial charge is 0.459 e. The van der Waals surface area contributed by atoms with Crippen LogP contribution in [0.25, 0.3) is 0 Å². The molecule has 0 unspecified atom stereocenters. The second-order valence-electron chi connectivity index (χ2n) is 5.08. The van der Waals surface area contributed by atoms with E-state index in [-0.39, 0.29) is 18.1 Å². The molecule has 2 N–H and O–H groups in total. The number of ether oxygens (including phenoxy) is 1. The van der Waals surface area contributed by atoms with Crippen molar-refractivity contribution in [3.63, 3.8) is 0 Å². The van der Waals surface area contributed by atoms with Crippen molar-refractivity contribution in [3.05, 3.63) is 46.1 Å². The fourth-order valence-electron chi connectivity index (χ4n) is 2.18. The van der Waals surface area contributed by atoms with Gasteiger partial charge in [-0.2, -0.15) is 0 Å². The molecule has 0 saturated heterocycles. The smallest absolute Gasteiger partial charge is 0.338 e. The van der Waals surface area contributed by atoms with Crippen LogP contribution >= 0.6 is 23.8 Å². The van der Waals surface area contributed by atoms with Gasteiger partial charge in [0.25, 0.3) is 0 Å². The molecule has 0 fully saturated rings. The first kappa shape index (κ1) is 15.8. The fraction of sp³-hybridized carbons (Fsp3) is 0.333. The van der Waals surface area contributed by atoms with Crippen molar-refractivity contribution >= 4 is 34.9 Å². The van der Waals surface area contributed by atoms with E-state index in [0.717, 1.165) is 5.56 Å². The quantitative estimate of drug-likeness (QED) is 0.661. The summed E-state index contributed by atoms with van der Waals surface area (Å²) >= 11 is 11.2. The number of esters is 1. The van der Waals surface area contributed by atoms with Crippen molar-refractivity contribution in [2.75, 3.05) is 0 Å². The number of halogens is 1. The third-order valence-electron chi connectivity index (χ3n) is 3.01. The van der Waals surface area contributed by atoms with Crippen molar-refractivity contribution in [3.8, 4) is 0 Å². The Labute approximate surface area is 134 Å². The lowest BCUT2D eigenvalue weighted by Gasteiger charge is -2.30. The van der Waals surface area contributed by atoms with E-state index in [1.165, 1.54) is 0 Å². The lowest BCUT2D eigenvalue weighted by Crippen LogP contribution is -2.45. The number of carbonyl (C=O) groups is 1. The maximum atomic E-state index is 12.4. The number of hydrogen-bond acceptors (Lipinski definition) is 3. The Balaban J connectivity index is 2.43. The third-order valence-corrected chi connectivity index (χ3v) is 3.47. The molecule has 21 heavy (non-hydrogen) atoms. The molecule has 0 bridgehead atoms. The van der Waals surface area contributed by atoms with Gasteiger partial charge in [-0.05, 0) is 50.7 Å². The van der Waals surface area contributed by atoms with Gasteiger partial charge in [0.2, 0.25) is 0 Å². The van der Waals surface area contributed by atoms with Crippen molar-refractivity contribution in [2.45, 2.75) is 32.9 Å². The molecule has 112 valence electrons. The summed E-state index contributed by atoms with van der Waals surface area (Å²) in [7, 11) is 0. The zero-order chi connectivity index (χ0) is 15.6. The van der Waals surface area contributed by atoms with Crippen LogP contribution in [0.3, 0.4) is 0 Å². The molecule has 1 aliphatic heterocycles. The van der Waals surface area contributed by atoms with Gasteiger partial charge in [-0.3, -0.25) is 0 Å². The number of nitrogens with one attached hydrogen (secondary N) is 2. The molecule has 0 aromatic heterocycles. The summed E-state index contributed by atoms with van der Waals surface area (Å²) in [4.78, 5) is 12.4. The molecule has 1 atom stereocenters. The highest BCUT2D eigenvalue weighted by atomic mass is 35.5. The van der Waals surface area contributed by atoms with Crippen LogP contribution in [0.2, 0.25) is 5.02 Å². The Bertz CT molecular complexity index is 613. The van der Waals surface area contributed by atoms with Gasteiger partial charge in [0.05, 0.1) is 17.7 Å². The van der Waals surface area contributed by atoms with Crippen LogP contribution in [0.1, 0.15) is 32.4 Å². The molecule has 2 rings (SSSR count). The molecule has 0 aliphatic carbocycles. The van der Waals surface area contributed by atoms with E-state index in [1.54, 1.807) is 6.07 Å². The highest BCUT2D eigenvalue weighted by Crippen LogP contribution is 2.29. The highest BCUT2D eigenvalue weighted by Gasteiger charge is 2.31. The van der Waals surface area contributed by atoms with Crippen molar-refractivity contribution in [1.82, 2.24) is 10.6 Å². The zero-order valence-electron chi connectivity index (χ0n) is 12.1. The van der Waals surface area contributed by atoms with Crippen LogP contribution in [-0.2, 0) is 9.53 Å². The van der Waals surface area contributed by atoms with Crippen LogP contribution in [0.15, 0.2) is 35.5 Å². The molecule has 0 amide bonds. The summed E-state index contributed by atoms with van der Waals surface area (Å²) in [5.41, 5.74) is 2.07.